The first-order valence-corrected chi connectivity index (χ1v) is 16.8. The Morgan fingerprint density at radius 3 is 2.55 bits per heavy atom. The lowest BCUT2D eigenvalue weighted by Crippen LogP contribution is -2.32. The van der Waals surface area contributed by atoms with Crippen molar-refractivity contribution in [2.24, 2.45) is 5.92 Å². The number of hydrogen-bond donors (Lipinski definition) is 2. The number of ether oxygens (including phenoxy) is 1. The normalized spacial score (nSPS) is 14.8. The number of amides is 1. The highest BCUT2D eigenvalue weighted by Gasteiger charge is 2.30. The molecule has 1 aromatic carbocycles. The summed E-state index contributed by atoms with van der Waals surface area (Å²) in [5, 5.41) is 14.4. The second kappa shape index (κ2) is 13.3. The number of thiazole rings is 1. The Kier molecular flexibility index (Phi) is 9.51. The highest BCUT2D eigenvalue weighted by Crippen LogP contribution is 2.36. The summed E-state index contributed by atoms with van der Waals surface area (Å²) in [6.07, 6.45) is 4.74. The van der Waals surface area contributed by atoms with E-state index in [-0.39, 0.29) is 30.3 Å². The van der Waals surface area contributed by atoms with Gasteiger partial charge in [-0.05, 0) is 47.5 Å². The second-order valence-electron chi connectivity index (χ2n) is 10.3. The number of aliphatic carboxylic acids is 1. The van der Waals surface area contributed by atoms with Crippen molar-refractivity contribution in [3.8, 4) is 5.88 Å². The summed E-state index contributed by atoms with van der Waals surface area (Å²) in [7, 11) is -2.44. The molecule has 3 heterocycles. The molecule has 1 saturated carbocycles. The number of carboxylic acid groups (broad SMARTS) is 1. The lowest BCUT2D eigenvalue weighted by molar-refractivity contribution is -0.137. The van der Waals surface area contributed by atoms with Gasteiger partial charge in [-0.25, -0.2) is 18.4 Å². The van der Waals surface area contributed by atoms with Gasteiger partial charge in [-0.2, -0.15) is 4.31 Å². The van der Waals surface area contributed by atoms with Crippen LogP contribution in [0, 0.1) is 5.92 Å². The molecule has 1 fully saturated rings. The van der Waals surface area contributed by atoms with Crippen LogP contribution in [-0.2, 0) is 26.2 Å². The van der Waals surface area contributed by atoms with Crippen molar-refractivity contribution in [2.75, 3.05) is 19.0 Å². The minimum atomic E-state index is -3.98. The molecule has 1 aliphatic rings. The van der Waals surface area contributed by atoms with Gasteiger partial charge in [-0.1, -0.05) is 55.2 Å². The van der Waals surface area contributed by atoms with Crippen molar-refractivity contribution in [2.45, 2.75) is 55.9 Å². The van der Waals surface area contributed by atoms with Crippen LogP contribution in [0.15, 0.2) is 58.8 Å². The summed E-state index contributed by atoms with van der Waals surface area (Å²) in [6.45, 7) is -0.0580. The molecule has 2 N–H and O–H groups in total. The third kappa shape index (κ3) is 7.14. The number of methoxy groups -OCH3 is 1. The van der Waals surface area contributed by atoms with Crippen LogP contribution >= 0.6 is 22.7 Å². The van der Waals surface area contributed by atoms with Gasteiger partial charge in [0, 0.05) is 24.0 Å². The maximum atomic E-state index is 13.6. The third-order valence-corrected chi connectivity index (χ3v) is 11.0. The number of carboxylic acids is 1. The van der Waals surface area contributed by atoms with Crippen molar-refractivity contribution >= 4 is 60.1 Å². The number of rotatable bonds is 13. The average molecular weight is 629 g/mol. The number of thiophene rings is 1. The lowest BCUT2D eigenvalue weighted by Gasteiger charge is -2.22. The van der Waals surface area contributed by atoms with Crippen LogP contribution < -0.4 is 10.1 Å². The molecule has 0 bridgehead atoms. The van der Waals surface area contributed by atoms with E-state index in [1.54, 1.807) is 31.4 Å². The molecule has 0 aliphatic heterocycles. The maximum absolute atomic E-state index is 13.6. The topological polar surface area (TPSA) is 139 Å². The first-order valence-electron chi connectivity index (χ1n) is 13.7. The standard InChI is InChI=1S/C29H32N4O6S3/c1-39-25-13-12-24-28(31-25)41-29(30-24)32-27(36)23(17-19-5-2-3-6-19)20-8-10-22(11-9-20)42(37,38)33(15-14-26(34)35)18-21-7-4-16-40-21/h4,7-13,16,19,23H,2-3,5-6,14-15,17-18H2,1H3,(H,34,35)(H,30,32,36)/t23-/m1/s1. The van der Waals surface area contributed by atoms with Gasteiger partial charge in [0.2, 0.25) is 21.8 Å². The number of aromatic nitrogens is 2. The number of nitrogens with one attached hydrogen (secondary N) is 1. The van der Waals surface area contributed by atoms with Gasteiger partial charge in [0.1, 0.15) is 10.3 Å². The van der Waals surface area contributed by atoms with Crippen LogP contribution in [-0.4, -0.2) is 53.3 Å². The van der Waals surface area contributed by atoms with Gasteiger partial charge in [-0.15, -0.1) is 11.3 Å². The highest BCUT2D eigenvalue weighted by atomic mass is 32.2. The van der Waals surface area contributed by atoms with Gasteiger partial charge in [0.15, 0.2) is 5.13 Å². The van der Waals surface area contributed by atoms with Crippen molar-refractivity contribution in [1.29, 1.82) is 0 Å². The molecule has 0 spiro atoms. The fourth-order valence-corrected chi connectivity index (χ4v) is 8.29. The molecular weight excluding hydrogens is 597 g/mol. The Bertz CT molecular complexity index is 1630. The van der Waals surface area contributed by atoms with Crippen LogP contribution in [0.3, 0.4) is 0 Å². The lowest BCUT2D eigenvalue weighted by atomic mass is 9.87. The van der Waals surface area contributed by atoms with E-state index < -0.39 is 21.9 Å². The molecule has 42 heavy (non-hydrogen) atoms. The number of sulfonamides is 1. The van der Waals surface area contributed by atoms with Gasteiger partial charge >= 0.3 is 5.97 Å². The summed E-state index contributed by atoms with van der Waals surface area (Å²) >= 11 is 2.68. The molecule has 10 nitrogen and oxygen atoms in total. The molecule has 0 radical (unpaired) electrons. The highest BCUT2D eigenvalue weighted by molar-refractivity contribution is 7.89. The quantitative estimate of drug-likeness (QED) is 0.191. The fraction of sp³-hybridized carbons (Fsp3) is 0.379. The third-order valence-electron chi connectivity index (χ3n) is 7.44. The van der Waals surface area contributed by atoms with E-state index in [9.17, 15) is 23.1 Å². The molecule has 3 aromatic heterocycles. The largest absolute Gasteiger partial charge is 0.481 e. The van der Waals surface area contributed by atoms with Crippen molar-refractivity contribution in [1.82, 2.24) is 14.3 Å². The van der Waals surface area contributed by atoms with Gasteiger partial charge in [-0.3, -0.25) is 9.59 Å². The SMILES string of the molecule is COc1ccc2nc(NC(=O)[C@H](CC3CCCC3)c3ccc(S(=O)(=O)N(CCC(=O)O)Cc4cccs4)cc3)sc2n1. The fourth-order valence-electron chi connectivity index (χ4n) is 5.24. The van der Waals surface area contributed by atoms with E-state index in [0.717, 1.165) is 36.1 Å². The monoisotopic (exact) mass is 628 g/mol. The summed E-state index contributed by atoms with van der Waals surface area (Å²) in [5.41, 5.74) is 1.38. The zero-order valence-corrected chi connectivity index (χ0v) is 25.5. The van der Waals surface area contributed by atoms with E-state index in [4.69, 9.17) is 4.74 Å². The van der Waals surface area contributed by atoms with Crippen LogP contribution in [0.2, 0.25) is 0 Å². The Morgan fingerprint density at radius 2 is 1.88 bits per heavy atom. The van der Waals surface area contributed by atoms with Crippen LogP contribution in [0.25, 0.3) is 10.3 Å². The molecule has 4 aromatic rings. The molecule has 13 heteroatoms. The smallest absolute Gasteiger partial charge is 0.304 e. The molecule has 0 unspecified atom stereocenters. The van der Waals surface area contributed by atoms with Gasteiger partial charge < -0.3 is 15.2 Å². The Balaban J connectivity index is 1.38. The minimum absolute atomic E-state index is 0.0550. The molecule has 1 aliphatic carbocycles. The minimum Gasteiger partial charge on any atom is -0.481 e. The van der Waals surface area contributed by atoms with Crippen LogP contribution in [0.1, 0.15) is 54.9 Å². The Labute approximate surface area is 252 Å². The zero-order valence-electron chi connectivity index (χ0n) is 23.1. The number of pyridine rings is 1. The van der Waals surface area contributed by atoms with Gasteiger partial charge in [0.25, 0.3) is 0 Å². The molecule has 0 saturated heterocycles. The van der Waals surface area contributed by atoms with Crippen molar-refractivity contribution in [3.05, 3.63) is 64.4 Å². The number of carbonyl (C=O) groups is 2. The summed E-state index contributed by atoms with van der Waals surface area (Å²) in [4.78, 5) is 35.3. The van der Waals surface area contributed by atoms with Crippen molar-refractivity contribution < 1.29 is 27.9 Å². The number of carbonyl (C=O) groups excluding carboxylic acids is 1. The number of anilines is 1. The second-order valence-corrected chi connectivity index (χ2v) is 14.2. The first kappa shape index (κ1) is 30.1. The molecule has 1 atom stereocenters. The van der Waals surface area contributed by atoms with E-state index in [1.165, 1.54) is 39.1 Å². The number of fused-ring (bicyclic) bond motifs is 1. The Morgan fingerprint density at radius 1 is 1.12 bits per heavy atom. The Hall–Kier alpha value is -3.39. The van der Waals surface area contributed by atoms with Crippen LogP contribution in [0.4, 0.5) is 5.13 Å². The summed E-state index contributed by atoms with van der Waals surface area (Å²) in [5.74, 6) is -0.892. The summed E-state index contributed by atoms with van der Waals surface area (Å²) in [6, 6.07) is 13.6. The van der Waals surface area contributed by atoms with E-state index in [1.807, 2.05) is 17.5 Å². The molecular formula is C29H32N4O6S3. The maximum Gasteiger partial charge on any atom is 0.304 e. The van der Waals surface area contributed by atoms with E-state index >= 15 is 0 Å². The number of nitrogens with zero attached hydrogens (tertiary/aromatic N) is 3. The van der Waals surface area contributed by atoms with Gasteiger partial charge in [0.05, 0.1) is 24.3 Å². The van der Waals surface area contributed by atoms with Crippen LogP contribution in [0.5, 0.6) is 5.88 Å². The average Bonchev–Trinajstić information content (AvgIpc) is 3.76. The summed E-state index contributed by atoms with van der Waals surface area (Å²) < 4.78 is 33.5. The number of hydrogen-bond acceptors (Lipinski definition) is 9. The predicted molar refractivity (Wildman–Crippen MR) is 163 cm³/mol. The van der Waals surface area contributed by atoms with E-state index in [0.29, 0.717) is 33.7 Å². The van der Waals surface area contributed by atoms with E-state index in [2.05, 4.69) is 15.3 Å². The number of benzene rings is 1. The first-order chi connectivity index (χ1) is 20.2. The molecule has 5 rings (SSSR count). The zero-order chi connectivity index (χ0) is 29.7. The molecule has 1 amide bonds. The predicted octanol–water partition coefficient (Wildman–Crippen LogP) is 5.73. The van der Waals surface area contributed by atoms with Crippen molar-refractivity contribution in [3.63, 3.8) is 0 Å². The molecule has 222 valence electrons.